The van der Waals surface area contributed by atoms with E-state index in [0.717, 1.165) is 6.07 Å². The second-order valence-corrected chi connectivity index (χ2v) is 5.25. The van der Waals surface area contributed by atoms with E-state index in [4.69, 9.17) is 16.9 Å². The van der Waals surface area contributed by atoms with Gasteiger partial charge in [0, 0.05) is 16.6 Å². The molecule has 0 fully saturated rings. The molecule has 0 saturated heterocycles. The van der Waals surface area contributed by atoms with E-state index in [0.29, 0.717) is 15.7 Å². The van der Waals surface area contributed by atoms with Gasteiger partial charge >= 0.3 is 0 Å². The van der Waals surface area contributed by atoms with Gasteiger partial charge in [-0.15, -0.1) is 0 Å². The van der Waals surface area contributed by atoms with E-state index in [9.17, 15) is 8.78 Å². The second-order valence-electron chi connectivity index (χ2n) is 3.99. The van der Waals surface area contributed by atoms with Crippen molar-refractivity contribution in [3.63, 3.8) is 0 Å². The van der Waals surface area contributed by atoms with Crippen LogP contribution in [0.5, 0.6) is 0 Å². The molecule has 0 atom stereocenters. The molecule has 2 aromatic carbocycles. The van der Waals surface area contributed by atoms with Crippen molar-refractivity contribution < 1.29 is 8.78 Å². The first-order valence-electron chi connectivity index (χ1n) is 5.59. The first kappa shape index (κ1) is 14.8. The van der Waals surface area contributed by atoms with Crippen LogP contribution in [0.15, 0.2) is 34.8 Å². The Morgan fingerprint density at radius 2 is 2.05 bits per heavy atom. The van der Waals surface area contributed by atoms with Crippen LogP contribution in [0.1, 0.15) is 11.1 Å². The number of nitrogens with zero attached hydrogens (tertiary/aromatic N) is 1. The Labute approximate surface area is 128 Å². The first-order chi connectivity index (χ1) is 9.52. The average molecular weight is 358 g/mol. The zero-order valence-electron chi connectivity index (χ0n) is 10.1. The number of nitriles is 1. The summed E-state index contributed by atoms with van der Waals surface area (Å²) in [5.74, 6) is -1.04. The van der Waals surface area contributed by atoms with Gasteiger partial charge < -0.3 is 5.32 Å². The molecule has 102 valence electrons. The third-order valence-corrected chi connectivity index (χ3v) is 3.59. The van der Waals surface area contributed by atoms with Crippen LogP contribution < -0.4 is 5.32 Å². The van der Waals surface area contributed by atoms with Gasteiger partial charge in [-0.3, -0.25) is 0 Å². The predicted octanol–water partition coefficient (Wildman–Crippen LogP) is 4.86. The van der Waals surface area contributed by atoms with Crippen LogP contribution in [0.4, 0.5) is 14.5 Å². The summed E-state index contributed by atoms with van der Waals surface area (Å²) >= 11 is 9.11. The van der Waals surface area contributed by atoms with Crippen LogP contribution in [0.2, 0.25) is 5.02 Å². The van der Waals surface area contributed by atoms with Gasteiger partial charge in [-0.2, -0.15) is 5.26 Å². The normalized spacial score (nSPS) is 10.2. The van der Waals surface area contributed by atoms with Crippen molar-refractivity contribution in [1.29, 1.82) is 5.26 Å². The highest BCUT2D eigenvalue weighted by molar-refractivity contribution is 9.10. The minimum absolute atomic E-state index is 0.0198. The molecular weight excluding hydrogens is 350 g/mol. The summed E-state index contributed by atoms with van der Waals surface area (Å²) in [6.07, 6.45) is 0. The molecule has 6 heteroatoms. The van der Waals surface area contributed by atoms with Gasteiger partial charge in [0.25, 0.3) is 0 Å². The maximum absolute atomic E-state index is 13.9. The molecule has 0 saturated carbocycles. The molecular formula is C14H8BrClF2N2. The lowest BCUT2D eigenvalue weighted by atomic mass is 10.1. The molecule has 0 radical (unpaired) electrons. The molecule has 0 aliphatic heterocycles. The number of hydrogen-bond donors (Lipinski definition) is 1. The van der Waals surface area contributed by atoms with Crippen LogP contribution >= 0.6 is 27.5 Å². The number of benzene rings is 2. The van der Waals surface area contributed by atoms with Crippen molar-refractivity contribution in [2.45, 2.75) is 6.54 Å². The average Bonchev–Trinajstić information content (AvgIpc) is 2.39. The van der Waals surface area contributed by atoms with Crippen LogP contribution in [0.25, 0.3) is 0 Å². The zero-order valence-corrected chi connectivity index (χ0v) is 12.4. The summed E-state index contributed by atoms with van der Waals surface area (Å²) < 4.78 is 27.4. The number of halogens is 4. The van der Waals surface area contributed by atoms with Gasteiger partial charge in [0.15, 0.2) is 0 Å². The van der Waals surface area contributed by atoms with E-state index in [1.54, 1.807) is 18.2 Å². The number of nitrogens with one attached hydrogen (secondary N) is 1. The Morgan fingerprint density at radius 3 is 2.70 bits per heavy atom. The van der Waals surface area contributed by atoms with E-state index < -0.39 is 11.6 Å². The van der Waals surface area contributed by atoms with Crippen LogP contribution in [0.3, 0.4) is 0 Å². The molecule has 0 unspecified atom stereocenters. The molecule has 2 aromatic rings. The Morgan fingerprint density at radius 1 is 1.30 bits per heavy atom. The molecule has 0 amide bonds. The standard InChI is InChI=1S/C14H8BrClF2N2/c15-11-4-10(17)5-12(16)14(11)20-7-9-3-1-2-8(6-19)13(9)18/h1-5,20H,7H2. The highest BCUT2D eigenvalue weighted by atomic mass is 79.9. The van der Waals surface area contributed by atoms with Gasteiger partial charge in [-0.1, -0.05) is 23.7 Å². The summed E-state index contributed by atoms with van der Waals surface area (Å²) in [6.45, 7) is 0.130. The van der Waals surface area contributed by atoms with Crippen molar-refractivity contribution >= 4 is 33.2 Å². The van der Waals surface area contributed by atoms with Crippen LogP contribution in [0, 0.1) is 23.0 Å². The Bertz CT molecular complexity index is 675. The molecule has 0 aliphatic rings. The van der Waals surface area contributed by atoms with E-state index in [-0.39, 0.29) is 17.1 Å². The fourth-order valence-corrected chi connectivity index (χ4v) is 2.66. The Kier molecular flexibility index (Phi) is 4.58. The minimum atomic E-state index is -0.572. The topological polar surface area (TPSA) is 35.8 Å². The van der Waals surface area contributed by atoms with Crippen molar-refractivity contribution in [1.82, 2.24) is 0 Å². The smallest absolute Gasteiger partial charge is 0.145 e. The van der Waals surface area contributed by atoms with Crippen LogP contribution in [-0.4, -0.2) is 0 Å². The molecule has 20 heavy (non-hydrogen) atoms. The molecule has 0 aliphatic carbocycles. The van der Waals surface area contributed by atoms with Crippen molar-refractivity contribution in [2.24, 2.45) is 0 Å². The van der Waals surface area contributed by atoms with Crippen molar-refractivity contribution in [3.05, 3.63) is 62.6 Å². The van der Waals surface area contributed by atoms with Gasteiger partial charge in [0.2, 0.25) is 0 Å². The number of hydrogen-bond acceptors (Lipinski definition) is 2. The number of anilines is 1. The van der Waals surface area contributed by atoms with Gasteiger partial charge in [0.1, 0.15) is 17.7 Å². The van der Waals surface area contributed by atoms with Gasteiger partial charge in [-0.25, -0.2) is 8.78 Å². The predicted molar refractivity (Wildman–Crippen MR) is 77.6 cm³/mol. The van der Waals surface area contributed by atoms with Crippen LogP contribution in [-0.2, 0) is 6.54 Å². The molecule has 0 spiro atoms. The largest absolute Gasteiger partial charge is 0.379 e. The first-order valence-corrected chi connectivity index (χ1v) is 6.76. The zero-order chi connectivity index (χ0) is 14.7. The quantitative estimate of drug-likeness (QED) is 0.851. The molecule has 1 N–H and O–H groups in total. The molecule has 0 heterocycles. The highest BCUT2D eigenvalue weighted by Crippen LogP contribution is 2.32. The second kappa shape index (κ2) is 6.21. The van der Waals surface area contributed by atoms with Crippen molar-refractivity contribution in [3.8, 4) is 6.07 Å². The summed E-state index contributed by atoms with van der Waals surface area (Å²) in [6, 6.07) is 8.76. The third-order valence-electron chi connectivity index (χ3n) is 2.66. The molecule has 2 nitrogen and oxygen atoms in total. The van der Waals surface area contributed by atoms with E-state index in [1.807, 2.05) is 0 Å². The SMILES string of the molecule is N#Cc1cccc(CNc2c(Cl)cc(F)cc2Br)c1F. The van der Waals surface area contributed by atoms with Gasteiger partial charge in [-0.05, 0) is 34.1 Å². The monoisotopic (exact) mass is 356 g/mol. The lowest BCUT2D eigenvalue weighted by Crippen LogP contribution is -2.04. The van der Waals surface area contributed by atoms with E-state index in [1.165, 1.54) is 12.1 Å². The fraction of sp³-hybridized carbons (Fsp3) is 0.0714. The lowest BCUT2D eigenvalue weighted by Gasteiger charge is -2.11. The van der Waals surface area contributed by atoms with Gasteiger partial charge in [0.05, 0.1) is 16.3 Å². The summed E-state index contributed by atoms with van der Waals surface area (Å²) in [4.78, 5) is 0. The Hall–Kier alpha value is -1.64. The molecule has 0 bridgehead atoms. The number of rotatable bonds is 3. The Balaban J connectivity index is 2.24. The summed E-state index contributed by atoms with van der Waals surface area (Å²) in [7, 11) is 0. The van der Waals surface area contributed by atoms with E-state index >= 15 is 0 Å². The fourth-order valence-electron chi connectivity index (χ4n) is 1.70. The third kappa shape index (κ3) is 3.09. The summed E-state index contributed by atoms with van der Waals surface area (Å²) in [5, 5.41) is 11.9. The van der Waals surface area contributed by atoms with Crippen molar-refractivity contribution in [2.75, 3.05) is 5.32 Å². The maximum Gasteiger partial charge on any atom is 0.145 e. The maximum atomic E-state index is 13.9. The molecule has 2 rings (SSSR count). The highest BCUT2D eigenvalue weighted by Gasteiger charge is 2.11. The summed E-state index contributed by atoms with van der Waals surface area (Å²) in [5.41, 5.74) is 0.778. The molecule has 0 aromatic heterocycles. The minimum Gasteiger partial charge on any atom is -0.379 e. The van der Waals surface area contributed by atoms with E-state index in [2.05, 4.69) is 21.2 Å². The lowest BCUT2D eigenvalue weighted by molar-refractivity contribution is 0.609.